The van der Waals surface area contributed by atoms with Gasteiger partial charge in [0.2, 0.25) is 23.6 Å². The summed E-state index contributed by atoms with van der Waals surface area (Å²) < 4.78 is 0. The van der Waals surface area contributed by atoms with Crippen LogP contribution in [0.2, 0.25) is 0 Å². The Bertz CT molecular complexity index is 684. The molecule has 9 N–H and O–H groups in total. The number of amides is 4. The lowest BCUT2D eigenvalue weighted by Crippen LogP contribution is -2.58. The van der Waals surface area contributed by atoms with Gasteiger partial charge in [0, 0.05) is 12.8 Å². The molecule has 0 aliphatic rings. The summed E-state index contributed by atoms with van der Waals surface area (Å²) in [6.07, 6.45) is -0.403. The highest BCUT2D eigenvalue weighted by atomic mass is 16.4. The van der Waals surface area contributed by atoms with E-state index in [9.17, 15) is 28.8 Å². The number of carboxylic acids is 2. The lowest BCUT2D eigenvalue weighted by Gasteiger charge is -2.27. The molecule has 13 nitrogen and oxygen atoms in total. The summed E-state index contributed by atoms with van der Waals surface area (Å²) in [6.45, 7) is 2.74. The van der Waals surface area contributed by atoms with Gasteiger partial charge in [-0.05, 0) is 18.8 Å². The lowest BCUT2D eigenvalue weighted by molar-refractivity contribution is -0.140. The summed E-state index contributed by atoms with van der Waals surface area (Å²) >= 11 is 0. The summed E-state index contributed by atoms with van der Waals surface area (Å²) in [6, 6.07) is -3.51. The van der Waals surface area contributed by atoms with E-state index in [2.05, 4.69) is 16.0 Å². The minimum atomic E-state index is -1.32. The van der Waals surface area contributed by atoms with Gasteiger partial charge in [0.15, 0.2) is 0 Å². The van der Waals surface area contributed by atoms with E-state index in [1.807, 2.05) is 0 Å². The molecule has 0 aliphatic carbocycles. The fourth-order valence-electron chi connectivity index (χ4n) is 2.48. The molecule has 0 spiro atoms. The molecular formula is C18H31N5O8. The van der Waals surface area contributed by atoms with Crippen molar-refractivity contribution in [2.45, 2.75) is 64.1 Å². The van der Waals surface area contributed by atoms with Crippen LogP contribution in [-0.2, 0) is 28.8 Å². The van der Waals surface area contributed by atoms with Gasteiger partial charge in [-0.3, -0.25) is 28.8 Å². The van der Waals surface area contributed by atoms with Crippen molar-refractivity contribution in [1.29, 1.82) is 0 Å². The van der Waals surface area contributed by atoms with E-state index in [4.69, 9.17) is 21.7 Å². The molecule has 0 fully saturated rings. The van der Waals surface area contributed by atoms with E-state index >= 15 is 0 Å². The van der Waals surface area contributed by atoms with Gasteiger partial charge in [0.05, 0.1) is 6.04 Å². The molecule has 13 heteroatoms. The normalized spacial score (nSPS) is 14.4. The van der Waals surface area contributed by atoms with Crippen LogP contribution >= 0.6 is 0 Å². The molecule has 0 rings (SSSR count). The molecule has 4 amide bonds. The molecule has 4 atom stereocenters. The summed E-state index contributed by atoms with van der Waals surface area (Å²) in [5, 5.41) is 24.5. The number of hydrogen-bond donors (Lipinski definition) is 7. The Morgan fingerprint density at radius 2 is 1.48 bits per heavy atom. The SMILES string of the molecule is CCC(C)C(NC(=O)C(N)CCC(N)=O)C(=O)NC(CCC(=O)O)C(=O)NCC(=O)O. The predicted molar refractivity (Wildman–Crippen MR) is 107 cm³/mol. The Morgan fingerprint density at radius 1 is 0.871 bits per heavy atom. The van der Waals surface area contributed by atoms with Gasteiger partial charge in [0.25, 0.3) is 0 Å². The van der Waals surface area contributed by atoms with Crippen molar-refractivity contribution in [3.05, 3.63) is 0 Å². The zero-order valence-electron chi connectivity index (χ0n) is 17.6. The molecule has 0 aliphatic heterocycles. The molecule has 176 valence electrons. The number of carbonyl (C=O) groups excluding carboxylic acids is 4. The molecule has 0 saturated heterocycles. The van der Waals surface area contributed by atoms with Crippen LogP contribution < -0.4 is 27.4 Å². The van der Waals surface area contributed by atoms with Crippen LogP contribution in [0.3, 0.4) is 0 Å². The van der Waals surface area contributed by atoms with Crippen LogP contribution in [0, 0.1) is 5.92 Å². The summed E-state index contributed by atoms with van der Waals surface area (Å²) in [5.74, 6) is -5.86. The Morgan fingerprint density at radius 3 is 1.97 bits per heavy atom. The molecule has 0 heterocycles. The maximum Gasteiger partial charge on any atom is 0.322 e. The van der Waals surface area contributed by atoms with E-state index in [0.717, 1.165) is 0 Å². The average molecular weight is 445 g/mol. The molecule has 0 radical (unpaired) electrons. The Kier molecular flexibility index (Phi) is 12.5. The molecular weight excluding hydrogens is 414 g/mol. The molecule has 0 bridgehead atoms. The van der Waals surface area contributed by atoms with Gasteiger partial charge < -0.3 is 37.6 Å². The first kappa shape index (κ1) is 27.8. The number of primary amides is 1. The number of aliphatic carboxylic acids is 2. The Balaban J connectivity index is 5.32. The van der Waals surface area contributed by atoms with Crippen molar-refractivity contribution in [1.82, 2.24) is 16.0 Å². The third-order valence-electron chi connectivity index (χ3n) is 4.53. The predicted octanol–water partition coefficient (Wildman–Crippen LogP) is -2.34. The maximum absolute atomic E-state index is 12.8. The van der Waals surface area contributed by atoms with Gasteiger partial charge in [-0.15, -0.1) is 0 Å². The highest BCUT2D eigenvalue weighted by molar-refractivity contribution is 5.94. The first-order valence-electron chi connectivity index (χ1n) is 9.74. The number of carboxylic acid groups (broad SMARTS) is 2. The van der Waals surface area contributed by atoms with E-state index in [1.54, 1.807) is 13.8 Å². The highest BCUT2D eigenvalue weighted by Crippen LogP contribution is 2.10. The second-order valence-electron chi connectivity index (χ2n) is 7.09. The minimum absolute atomic E-state index is 0.0190. The fraction of sp³-hybridized carbons (Fsp3) is 0.667. The van der Waals surface area contributed by atoms with Crippen LogP contribution in [-0.4, -0.2) is 70.5 Å². The molecule has 0 aromatic carbocycles. The van der Waals surface area contributed by atoms with Crippen LogP contribution in [0.15, 0.2) is 0 Å². The van der Waals surface area contributed by atoms with Gasteiger partial charge in [-0.2, -0.15) is 0 Å². The monoisotopic (exact) mass is 445 g/mol. The molecule has 31 heavy (non-hydrogen) atoms. The van der Waals surface area contributed by atoms with Crippen molar-refractivity contribution in [2.24, 2.45) is 17.4 Å². The number of nitrogens with two attached hydrogens (primary N) is 2. The Labute approximate surface area is 179 Å². The Hall–Kier alpha value is -3.22. The summed E-state index contributed by atoms with van der Waals surface area (Å²) in [7, 11) is 0. The second kappa shape index (κ2) is 13.9. The quantitative estimate of drug-likeness (QED) is 0.143. The minimum Gasteiger partial charge on any atom is -0.481 e. The average Bonchev–Trinajstić information content (AvgIpc) is 2.69. The van der Waals surface area contributed by atoms with E-state index < -0.39 is 66.7 Å². The van der Waals surface area contributed by atoms with E-state index in [1.165, 1.54) is 0 Å². The summed E-state index contributed by atoms with van der Waals surface area (Å²) in [4.78, 5) is 69.7. The number of hydrogen-bond acceptors (Lipinski definition) is 7. The highest BCUT2D eigenvalue weighted by Gasteiger charge is 2.31. The zero-order chi connectivity index (χ0) is 24.1. The molecule has 0 aromatic heterocycles. The van der Waals surface area contributed by atoms with Crippen molar-refractivity contribution in [3.63, 3.8) is 0 Å². The van der Waals surface area contributed by atoms with Crippen LogP contribution in [0.25, 0.3) is 0 Å². The van der Waals surface area contributed by atoms with Gasteiger partial charge >= 0.3 is 11.9 Å². The lowest BCUT2D eigenvalue weighted by atomic mass is 9.97. The maximum atomic E-state index is 12.8. The summed E-state index contributed by atoms with van der Waals surface area (Å²) in [5.41, 5.74) is 10.7. The van der Waals surface area contributed by atoms with Crippen LogP contribution in [0.4, 0.5) is 0 Å². The largest absolute Gasteiger partial charge is 0.481 e. The van der Waals surface area contributed by atoms with Crippen molar-refractivity contribution in [3.8, 4) is 0 Å². The fourth-order valence-corrected chi connectivity index (χ4v) is 2.48. The van der Waals surface area contributed by atoms with Gasteiger partial charge in [0.1, 0.15) is 18.6 Å². The standard InChI is InChI=1S/C18H31N5O8/c1-3-9(2)15(23-16(29)10(19)4-6-12(20)24)18(31)22-11(5-7-13(25)26)17(30)21-8-14(27)28/h9-11,15H,3-8,19H2,1-2H3,(H2,20,24)(H,21,30)(H,22,31)(H,23,29)(H,25,26)(H,27,28). The number of carbonyl (C=O) groups is 6. The van der Waals surface area contributed by atoms with Crippen molar-refractivity contribution in [2.75, 3.05) is 6.54 Å². The third kappa shape index (κ3) is 11.5. The number of nitrogens with one attached hydrogen (secondary N) is 3. The van der Waals surface area contributed by atoms with Crippen LogP contribution in [0.5, 0.6) is 0 Å². The molecule has 4 unspecified atom stereocenters. The topological polar surface area (TPSA) is 231 Å². The molecule has 0 aromatic rings. The smallest absolute Gasteiger partial charge is 0.322 e. The van der Waals surface area contributed by atoms with E-state index in [0.29, 0.717) is 6.42 Å². The molecule has 0 saturated carbocycles. The van der Waals surface area contributed by atoms with Crippen molar-refractivity contribution < 1.29 is 39.0 Å². The van der Waals surface area contributed by atoms with Crippen molar-refractivity contribution >= 4 is 35.6 Å². The third-order valence-corrected chi connectivity index (χ3v) is 4.53. The second-order valence-corrected chi connectivity index (χ2v) is 7.09. The zero-order valence-corrected chi connectivity index (χ0v) is 17.6. The van der Waals surface area contributed by atoms with E-state index in [-0.39, 0.29) is 25.2 Å². The number of rotatable bonds is 15. The first-order chi connectivity index (χ1) is 14.4. The van der Waals surface area contributed by atoms with Crippen LogP contribution in [0.1, 0.15) is 46.0 Å². The first-order valence-corrected chi connectivity index (χ1v) is 9.74. The van der Waals surface area contributed by atoms with Gasteiger partial charge in [-0.25, -0.2) is 0 Å². The van der Waals surface area contributed by atoms with Gasteiger partial charge in [-0.1, -0.05) is 20.3 Å².